The van der Waals surface area contributed by atoms with Crippen LogP contribution in [0, 0.1) is 0 Å². The normalized spacial score (nSPS) is 12.2. The summed E-state index contributed by atoms with van der Waals surface area (Å²) in [5.74, 6) is 0. The summed E-state index contributed by atoms with van der Waals surface area (Å²) in [6.07, 6.45) is 6.42. The van der Waals surface area contributed by atoms with E-state index in [4.69, 9.17) is 4.74 Å². The number of amides is 1. The maximum absolute atomic E-state index is 11.3. The standard InChI is InChI=1S/C12H25NO3/c1-5-6-7-8-9-10-11(15-3)13(2)12(14)16-4/h11H,5-10H2,1-4H3. The predicted octanol–water partition coefficient (Wildman–Crippen LogP) is 3.02. The summed E-state index contributed by atoms with van der Waals surface area (Å²) in [6.45, 7) is 2.20. The SMILES string of the molecule is CCCCCCCC(OC)N(C)C(=O)OC. The van der Waals surface area contributed by atoms with E-state index in [1.54, 1.807) is 14.2 Å². The van der Waals surface area contributed by atoms with Crippen molar-refractivity contribution in [1.82, 2.24) is 4.90 Å². The zero-order valence-electron chi connectivity index (χ0n) is 11.0. The highest BCUT2D eigenvalue weighted by Gasteiger charge is 2.18. The number of ether oxygens (including phenoxy) is 2. The summed E-state index contributed by atoms with van der Waals surface area (Å²) in [6, 6.07) is 0. The minimum Gasteiger partial charge on any atom is -0.453 e. The number of methoxy groups -OCH3 is 2. The van der Waals surface area contributed by atoms with Crippen molar-refractivity contribution in [3.63, 3.8) is 0 Å². The first-order chi connectivity index (χ1) is 7.67. The molecule has 0 saturated heterocycles. The van der Waals surface area contributed by atoms with Crippen LogP contribution in [0.5, 0.6) is 0 Å². The van der Waals surface area contributed by atoms with E-state index in [0.717, 1.165) is 12.8 Å². The van der Waals surface area contributed by atoms with Crippen molar-refractivity contribution in [2.24, 2.45) is 0 Å². The molecule has 0 fully saturated rings. The lowest BCUT2D eigenvalue weighted by molar-refractivity contribution is -0.0189. The van der Waals surface area contributed by atoms with Crippen molar-refractivity contribution in [1.29, 1.82) is 0 Å². The summed E-state index contributed by atoms with van der Waals surface area (Å²) in [4.78, 5) is 12.8. The number of hydrogen-bond donors (Lipinski definition) is 0. The zero-order chi connectivity index (χ0) is 12.4. The number of carbonyl (C=O) groups is 1. The summed E-state index contributed by atoms with van der Waals surface area (Å²) in [5, 5.41) is 0. The minimum atomic E-state index is -0.347. The van der Waals surface area contributed by atoms with Crippen molar-refractivity contribution in [3.05, 3.63) is 0 Å². The quantitative estimate of drug-likeness (QED) is 0.476. The summed E-state index contributed by atoms with van der Waals surface area (Å²) in [5.41, 5.74) is 0. The molecule has 1 amide bonds. The highest BCUT2D eigenvalue weighted by molar-refractivity contribution is 5.67. The molecule has 0 aromatic rings. The van der Waals surface area contributed by atoms with Crippen LogP contribution in [0.4, 0.5) is 4.79 Å². The number of rotatable bonds is 8. The van der Waals surface area contributed by atoms with Gasteiger partial charge in [0.25, 0.3) is 0 Å². The van der Waals surface area contributed by atoms with E-state index < -0.39 is 0 Å². The highest BCUT2D eigenvalue weighted by Crippen LogP contribution is 2.11. The van der Waals surface area contributed by atoms with Gasteiger partial charge in [-0.3, -0.25) is 4.90 Å². The van der Waals surface area contributed by atoms with Gasteiger partial charge in [0.1, 0.15) is 6.23 Å². The fourth-order valence-corrected chi connectivity index (χ4v) is 1.65. The first-order valence-electron chi connectivity index (χ1n) is 6.00. The van der Waals surface area contributed by atoms with Gasteiger partial charge in [-0.05, 0) is 12.8 Å². The topological polar surface area (TPSA) is 38.8 Å². The predicted molar refractivity (Wildman–Crippen MR) is 64.3 cm³/mol. The van der Waals surface area contributed by atoms with Crippen LogP contribution >= 0.6 is 0 Å². The Morgan fingerprint density at radius 3 is 2.31 bits per heavy atom. The van der Waals surface area contributed by atoms with E-state index in [9.17, 15) is 4.79 Å². The number of hydrogen-bond acceptors (Lipinski definition) is 3. The number of nitrogens with zero attached hydrogens (tertiary/aromatic N) is 1. The molecule has 0 N–H and O–H groups in total. The molecular formula is C12H25NO3. The third-order valence-corrected chi connectivity index (χ3v) is 2.72. The summed E-state index contributed by atoms with van der Waals surface area (Å²) in [7, 11) is 4.70. The van der Waals surface area contributed by atoms with Gasteiger partial charge >= 0.3 is 6.09 Å². The number of unbranched alkanes of at least 4 members (excludes halogenated alkanes) is 4. The van der Waals surface area contributed by atoms with Gasteiger partial charge < -0.3 is 9.47 Å². The molecule has 0 aromatic carbocycles. The van der Waals surface area contributed by atoms with Crippen molar-refractivity contribution in [2.75, 3.05) is 21.3 Å². The van der Waals surface area contributed by atoms with Crippen LogP contribution in [-0.2, 0) is 9.47 Å². The molecule has 0 bridgehead atoms. The van der Waals surface area contributed by atoms with Gasteiger partial charge in [-0.15, -0.1) is 0 Å². The monoisotopic (exact) mass is 231 g/mol. The van der Waals surface area contributed by atoms with E-state index in [0.29, 0.717) is 0 Å². The summed E-state index contributed by atoms with van der Waals surface area (Å²) >= 11 is 0. The molecule has 0 spiro atoms. The maximum atomic E-state index is 11.3. The third kappa shape index (κ3) is 5.95. The second-order valence-corrected chi connectivity index (χ2v) is 3.97. The minimum absolute atomic E-state index is 0.172. The van der Waals surface area contributed by atoms with E-state index in [-0.39, 0.29) is 12.3 Å². The Balaban J connectivity index is 3.78. The lowest BCUT2D eigenvalue weighted by Gasteiger charge is -2.25. The average Bonchev–Trinajstić information content (AvgIpc) is 2.32. The largest absolute Gasteiger partial charge is 0.453 e. The first kappa shape index (κ1) is 15.2. The van der Waals surface area contributed by atoms with Crippen LogP contribution in [0.15, 0.2) is 0 Å². The van der Waals surface area contributed by atoms with Gasteiger partial charge in [0.15, 0.2) is 0 Å². The molecule has 1 unspecified atom stereocenters. The van der Waals surface area contributed by atoms with Crippen molar-refractivity contribution >= 4 is 6.09 Å². The van der Waals surface area contributed by atoms with Crippen molar-refractivity contribution < 1.29 is 14.3 Å². The molecule has 0 saturated carbocycles. The fourth-order valence-electron chi connectivity index (χ4n) is 1.65. The molecule has 0 aliphatic rings. The van der Waals surface area contributed by atoms with Crippen molar-refractivity contribution in [3.8, 4) is 0 Å². The van der Waals surface area contributed by atoms with Crippen LogP contribution in [0.2, 0.25) is 0 Å². The second-order valence-electron chi connectivity index (χ2n) is 3.97. The highest BCUT2D eigenvalue weighted by atomic mass is 16.6. The third-order valence-electron chi connectivity index (χ3n) is 2.72. The van der Waals surface area contributed by atoms with E-state index >= 15 is 0 Å². The van der Waals surface area contributed by atoms with Crippen molar-refractivity contribution in [2.45, 2.75) is 51.7 Å². The van der Waals surface area contributed by atoms with Gasteiger partial charge in [-0.1, -0.05) is 32.6 Å². The Hall–Kier alpha value is -0.770. The van der Waals surface area contributed by atoms with E-state index in [1.807, 2.05) is 0 Å². The van der Waals surface area contributed by atoms with Gasteiger partial charge in [0.05, 0.1) is 7.11 Å². The molecule has 16 heavy (non-hydrogen) atoms. The average molecular weight is 231 g/mol. The molecular weight excluding hydrogens is 206 g/mol. The van der Waals surface area contributed by atoms with Crippen LogP contribution in [-0.4, -0.2) is 38.5 Å². The molecule has 1 atom stereocenters. The van der Waals surface area contributed by atoms with Crippen LogP contribution in [0.25, 0.3) is 0 Å². The Labute approximate surface area is 98.9 Å². The Morgan fingerprint density at radius 1 is 1.19 bits per heavy atom. The zero-order valence-corrected chi connectivity index (χ0v) is 11.0. The molecule has 0 aliphatic carbocycles. The first-order valence-corrected chi connectivity index (χ1v) is 6.00. The van der Waals surface area contributed by atoms with Crippen LogP contribution in [0.3, 0.4) is 0 Å². The number of carbonyl (C=O) groups excluding carboxylic acids is 1. The molecule has 0 rings (SSSR count). The van der Waals surface area contributed by atoms with Gasteiger partial charge in [0, 0.05) is 14.2 Å². The Kier molecular flexibility index (Phi) is 9.00. The van der Waals surface area contributed by atoms with E-state index in [1.165, 1.54) is 37.7 Å². The molecule has 0 aliphatic heterocycles. The van der Waals surface area contributed by atoms with Gasteiger partial charge in [-0.2, -0.15) is 0 Å². The Bertz CT molecular complexity index is 185. The molecule has 0 aromatic heterocycles. The molecule has 96 valence electrons. The second kappa shape index (κ2) is 9.46. The maximum Gasteiger partial charge on any atom is 0.411 e. The lowest BCUT2D eigenvalue weighted by atomic mass is 10.1. The Morgan fingerprint density at radius 2 is 1.81 bits per heavy atom. The molecule has 0 heterocycles. The van der Waals surface area contributed by atoms with E-state index in [2.05, 4.69) is 11.7 Å². The fraction of sp³-hybridized carbons (Fsp3) is 0.917. The van der Waals surface area contributed by atoms with Crippen LogP contribution < -0.4 is 0 Å². The van der Waals surface area contributed by atoms with Gasteiger partial charge in [0.2, 0.25) is 0 Å². The summed E-state index contributed by atoms with van der Waals surface area (Å²) < 4.78 is 9.91. The lowest BCUT2D eigenvalue weighted by Crippen LogP contribution is -2.38. The van der Waals surface area contributed by atoms with Crippen LogP contribution in [0.1, 0.15) is 45.4 Å². The van der Waals surface area contributed by atoms with Gasteiger partial charge in [-0.25, -0.2) is 4.79 Å². The molecule has 4 nitrogen and oxygen atoms in total. The molecule has 0 radical (unpaired) electrons. The molecule has 4 heteroatoms. The smallest absolute Gasteiger partial charge is 0.411 e.